The van der Waals surface area contributed by atoms with E-state index in [9.17, 15) is 0 Å². The van der Waals surface area contributed by atoms with Crippen LogP contribution in [0.1, 0.15) is 84.5 Å². The predicted octanol–water partition coefficient (Wildman–Crippen LogP) is 5.95. The number of hydrogen-bond donors (Lipinski definition) is 0. The van der Waals surface area contributed by atoms with Crippen LogP contribution in [0.4, 0.5) is 0 Å². The lowest BCUT2D eigenvalue weighted by atomic mass is 9.67. The maximum atomic E-state index is 8.82. The van der Waals surface area contributed by atoms with E-state index in [2.05, 4.69) is 19.9 Å². The molecule has 2 saturated carbocycles. The Balaban J connectivity index is 1.73. The Morgan fingerprint density at radius 1 is 0.900 bits per heavy atom. The Morgan fingerprint density at radius 3 is 1.85 bits per heavy atom. The molecule has 1 nitrogen and oxygen atoms in total. The highest BCUT2D eigenvalue weighted by atomic mass is 14.4. The highest BCUT2D eigenvalue weighted by Gasteiger charge is 2.31. The van der Waals surface area contributed by atoms with Gasteiger partial charge in [-0.2, -0.15) is 5.26 Å². The molecule has 0 amide bonds. The molecule has 1 heteroatoms. The van der Waals surface area contributed by atoms with E-state index in [-0.39, 0.29) is 0 Å². The molecule has 0 aromatic rings. The first-order chi connectivity index (χ1) is 9.74. The monoisotopic (exact) mass is 275 g/mol. The van der Waals surface area contributed by atoms with Crippen LogP contribution >= 0.6 is 0 Å². The van der Waals surface area contributed by atoms with Gasteiger partial charge in [0, 0.05) is 6.42 Å². The van der Waals surface area contributed by atoms with Gasteiger partial charge in [0.15, 0.2) is 0 Å². The summed E-state index contributed by atoms with van der Waals surface area (Å²) < 4.78 is 0. The molecular formula is C19H33N. The van der Waals surface area contributed by atoms with Gasteiger partial charge in [0.1, 0.15) is 0 Å². The lowest BCUT2D eigenvalue weighted by Crippen LogP contribution is -2.28. The molecule has 20 heavy (non-hydrogen) atoms. The summed E-state index contributed by atoms with van der Waals surface area (Å²) in [6.07, 6.45) is 15.0. The second-order valence-corrected chi connectivity index (χ2v) is 7.57. The molecule has 0 bridgehead atoms. The number of hydrogen-bond acceptors (Lipinski definition) is 1. The van der Waals surface area contributed by atoms with Gasteiger partial charge in [0.05, 0.1) is 6.07 Å². The second-order valence-electron chi connectivity index (χ2n) is 7.57. The van der Waals surface area contributed by atoms with Gasteiger partial charge in [-0.05, 0) is 68.1 Å². The van der Waals surface area contributed by atoms with Crippen molar-refractivity contribution in [2.45, 2.75) is 84.5 Å². The van der Waals surface area contributed by atoms with E-state index >= 15 is 0 Å². The summed E-state index contributed by atoms with van der Waals surface area (Å²) in [6.45, 7) is 4.86. The third kappa shape index (κ3) is 4.24. The summed E-state index contributed by atoms with van der Waals surface area (Å²) >= 11 is 0. The molecule has 0 aliphatic heterocycles. The van der Waals surface area contributed by atoms with Crippen molar-refractivity contribution >= 4 is 0 Å². The van der Waals surface area contributed by atoms with Crippen molar-refractivity contribution in [1.82, 2.24) is 0 Å². The molecule has 2 fully saturated rings. The van der Waals surface area contributed by atoms with E-state index in [1.54, 1.807) is 0 Å². The van der Waals surface area contributed by atoms with Gasteiger partial charge in [-0.25, -0.2) is 0 Å². The fraction of sp³-hybridized carbons (Fsp3) is 0.947. The smallest absolute Gasteiger partial charge is 0.0624 e. The summed E-state index contributed by atoms with van der Waals surface area (Å²) in [6, 6.07) is 2.36. The highest BCUT2D eigenvalue weighted by Crippen LogP contribution is 2.43. The first kappa shape index (κ1) is 15.9. The van der Waals surface area contributed by atoms with Crippen LogP contribution in [0.15, 0.2) is 0 Å². The number of nitrogens with zero attached hydrogens (tertiary/aromatic N) is 1. The quantitative estimate of drug-likeness (QED) is 0.608. The van der Waals surface area contributed by atoms with Crippen LogP contribution in [0.5, 0.6) is 0 Å². The Kier molecular flexibility index (Phi) is 6.40. The van der Waals surface area contributed by atoms with Crippen molar-refractivity contribution in [2.24, 2.45) is 29.6 Å². The van der Waals surface area contributed by atoms with Crippen molar-refractivity contribution in [3.8, 4) is 6.07 Å². The highest BCUT2D eigenvalue weighted by molar-refractivity contribution is 4.85. The molecule has 0 aromatic carbocycles. The molecule has 0 heterocycles. The zero-order valence-electron chi connectivity index (χ0n) is 13.6. The lowest BCUT2D eigenvalue weighted by molar-refractivity contribution is 0.123. The standard InChI is InChI=1S/C19H33N/c1-3-4-16-5-9-18(10-6-16)15(2)19-11-7-17(8-12-19)13-14-20/h15-19H,3-13H2,1-2H3. The Morgan fingerprint density at radius 2 is 1.40 bits per heavy atom. The number of nitriles is 1. The van der Waals surface area contributed by atoms with Gasteiger partial charge in [-0.15, -0.1) is 0 Å². The van der Waals surface area contributed by atoms with Gasteiger partial charge < -0.3 is 0 Å². The molecule has 0 N–H and O–H groups in total. The molecule has 1 unspecified atom stereocenters. The molecule has 0 aromatic heterocycles. The van der Waals surface area contributed by atoms with Crippen LogP contribution < -0.4 is 0 Å². The van der Waals surface area contributed by atoms with Crippen LogP contribution in [0, 0.1) is 40.9 Å². The van der Waals surface area contributed by atoms with Crippen LogP contribution in [-0.2, 0) is 0 Å². The largest absolute Gasteiger partial charge is 0.198 e. The molecule has 2 aliphatic rings. The van der Waals surface area contributed by atoms with E-state index in [4.69, 9.17) is 5.26 Å². The molecule has 1 atom stereocenters. The summed E-state index contributed by atoms with van der Waals surface area (Å²) in [7, 11) is 0. The minimum atomic E-state index is 0.712. The van der Waals surface area contributed by atoms with Gasteiger partial charge in [-0.1, -0.05) is 39.5 Å². The topological polar surface area (TPSA) is 23.8 Å². The maximum absolute atomic E-state index is 8.82. The normalized spacial score (nSPS) is 36.2. The Bertz CT molecular complexity index is 300. The predicted molar refractivity (Wildman–Crippen MR) is 85.2 cm³/mol. The minimum Gasteiger partial charge on any atom is -0.198 e. The van der Waals surface area contributed by atoms with Crippen LogP contribution in [-0.4, -0.2) is 0 Å². The SMILES string of the molecule is CCCC1CCC(C(C)C2CCC(CC#N)CC2)CC1. The van der Waals surface area contributed by atoms with Crippen molar-refractivity contribution in [3.63, 3.8) is 0 Å². The zero-order chi connectivity index (χ0) is 14.4. The minimum absolute atomic E-state index is 0.712. The molecule has 2 rings (SSSR count). The summed E-state index contributed by atoms with van der Waals surface area (Å²) in [5.74, 6) is 4.64. The summed E-state index contributed by atoms with van der Waals surface area (Å²) in [4.78, 5) is 0. The summed E-state index contributed by atoms with van der Waals surface area (Å²) in [5.41, 5.74) is 0. The number of rotatable bonds is 5. The Labute approximate surface area is 126 Å². The van der Waals surface area contributed by atoms with E-state index in [1.165, 1.54) is 64.2 Å². The second kappa shape index (κ2) is 8.06. The van der Waals surface area contributed by atoms with E-state index in [0.29, 0.717) is 5.92 Å². The van der Waals surface area contributed by atoms with Crippen molar-refractivity contribution < 1.29 is 0 Å². The van der Waals surface area contributed by atoms with Gasteiger partial charge in [0.2, 0.25) is 0 Å². The Hall–Kier alpha value is -0.510. The molecular weight excluding hydrogens is 242 g/mol. The van der Waals surface area contributed by atoms with Crippen molar-refractivity contribution in [1.29, 1.82) is 5.26 Å². The third-order valence-electron chi connectivity index (χ3n) is 6.35. The average molecular weight is 275 g/mol. The lowest BCUT2D eigenvalue weighted by Gasteiger charge is -2.39. The molecule has 2 aliphatic carbocycles. The maximum Gasteiger partial charge on any atom is 0.0624 e. The third-order valence-corrected chi connectivity index (χ3v) is 6.35. The summed E-state index contributed by atoms with van der Waals surface area (Å²) in [5, 5.41) is 8.82. The van der Waals surface area contributed by atoms with E-state index < -0.39 is 0 Å². The van der Waals surface area contributed by atoms with Gasteiger partial charge in [0.25, 0.3) is 0 Å². The van der Waals surface area contributed by atoms with Crippen molar-refractivity contribution in [3.05, 3.63) is 0 Å². The molecule has 0 saturated heterocycles. The fourth-order valence-electron chi connectivity index (χ4n) is 4.84. The molecule has 0 radical (unpaired) electrons. The van der Waals surface area contributed by atoms with Crippen LogP contribution in [0.2, 0.25) is 0 Å². The van der Waals surface area contributed by atoms with Gasteiger partial charge in [-0.3, -0.25) is 0 Å². The zero-order valence-corrected chi connectivity index (χ0v) is 13.6. The molecule has 0 spiro atoms. The van der Waals surface area contributed by atoms with Gasteiger partial charge >= 0.3 is 0 Å². The van der Waals surface area contributed by atoms with E-state index in [1.807, 2.05) is 0 Å². The van der Waals surface area contributed by atoms with Crippen LogP contribution in [0.3, 0.4) is 0 Å². The van der Waals surface area contributed by atoms with E-state index in [0.717, 1.165) is 30.1 Å². The van der Waals surface area contributed by atoms with Crippen molar-refractivity contribution in [2.75, 3.05) is 0 Å². The first-order valence-corrected chi connectivity index (χ1v) is 9.11. The molecule has 114 valence electrons. The average Bonchev–Trinajstić information content (AvgIpc) is 2.49. The first-order valence-electron chi connectivity index (χ1n) is 9.11. The van der Waals surface area contributed by atoms with Crippen LogP contribution in [0.25, 0.3) is 0 Å². The fourth-order valence-corrected chi connectivity index (χ4v) is 4.84.